The average Bonchev–Trinajstić information content (AvgIpc) is 2.84. The number of nitrogens with one attached hydrogen (secondary N) is 1. The molecule has 0 amide bonds. The van der Waals surface area contributed by atoms with E-state index in [1.54, 1.807) is 11.3 Å². The van der Waals surface area contributed by atoms with Gasteiger partial charge in [-0.1, -0.05) is 6.07 Å². The Bertz CT molecular complexity index is 472. The van der Waals surface area contributed by atoms with Crippen LogP contribution in [0.4, 0.5) is 0 Å². The second-order valence-electron chi connectivity index (χ2n) is 3.08. The van der Waals surface area contributed by atoms with Crippen LogP contribution in [0.1, 0.15) is 10.7 Å². The van der Waals surface area contributed by atoms with Crippen LogP contribution in [-0.2, 0) is 19.6 Å². The van der Waals surface area contributed by atoms with Gasteiger partial charge in [0.15, 0.2) is 10.6 Å². The lowest BCUT2D eigenvalue weighted by molar-refractivity contribution is 0.264. The first kappa shape index (κ1) is 10.5. The summed E-state index contributed by atoms with van der Waals surface area (Å²) in [4.78, 5) is 1.31. The van der Waals surface area contributed by atoms with Crippen molar-refractivity contribution in [2.45, 2.75) is 19.6 Å². The number of hydrogen-bond acceptors (Lipinski definition) is 4. The number of hydrogen-bond donors (Lipinski definition) is 2. The van der Waals surface area contributed by atoms with Crippen molar-refractivity contribution in [1.82, 2.24) is 14.8 Å². The summed E-state index contributed by atoms with van der Waals surface area (Å²) < 4.78 is 2.39. The average molecular weight is 241 g/mol. The van der Waals surface area contributed by atoms with Crippen molar-refractivity contribution in [1.29, 1.82) is 0 Å². The molecule has 0 fully saturated rings. The summed E-state index contributed by atoms with van der Waals surface area (Å²) in [6.45, 7) is 0.670. The molecule has 0 saturated carbocycles. The summed E-state index contributed by atoms with van der Waals surface area (Å²) in [5.74, 6) is 0.594. The number of aliphatic hydroxyl groups is 1. The van der Waals surface area contributed by atoms with Crippen molar-refractivity contribution in [3.8, 4) is 0 Å². The molecule has 0 saturated heterocycles. The molecule has 0 aromatic carbocycles. The lowest BCUT2D eigenvalue weighted by Crippen LogP contribution is -2.05. The van der Waals surface area contributed by atoms with Gasteiger partial charge in [-0.15, -0.1) is 11.3 Å². The lowest BCUT2D eigenvalue weighted by atomic mass is 10.3. The van der Waals surface area contributed by atoms with Gasteiger partial charge in [-0.05, 0) is 30.1 Å². The van der Waals surface area contributed by atoms with Crippen molar-refractivity contribution < 1.29 is 5.11 Å². The number of nitrogens with zero attached hydrogens (tertiary/aromatic N) is 2. The molecule has 0 spiro atoms. The molecule has 0 radical (unpaired) electrons. The summed E-state index contributed by atoms with van der Waals surface area (Å²) in [6.07, 6.45) is 0.915. The fraction of sp³-hybridized carbons (Fsp3) is 0.333. The maximum Gasteiger partial charge on any atom is 0.195 e. The minimum atomic E-state index is -0.0857. The summed E-state index contributed by atoms with van der Waals surface area (Å²) >= 11 is 6.79. The topological polar surface area (TPSA) is 53.8 Å². The van der Waals surface area contributed by atoms with Crippen molar-refractivity contribution in [2.75, 3.05) is 0 Å². The highest BCUT2D eigenvalue weighted by Gasteiger charge is 2.04. The molecule has 0 atom stereocenters. The van der Waals surface area contributed by atoms with Gasteiger partial charge in [0, 0.05) is 11.4 Å². The summed E-state index contributed by atoms with van der Waals surface area (Å²) in [7, 11) is 0. The Hall–Kier alpha value is -0.980. The third-order valence-corrected chi connectivity index (χ3v) is 3.39. The van der Waals surface area contributed by atoms with Crippen molar-refractivity contribution in [2.24, 2.45) is 0 Å². The molecule has 0 bridgehead atoms. The first-order valence-electron chi connectivity index (χ1n) is 4.58. The Kier molecular flexibility index (Phi) is 3.30. The first-order valence-corrected chi connectivity index (χ1v) is 5.87. The van der Waals surface area contributed by atoms with Gasteiger partial charge in [-0.3, -0.25) is 5.10 Å². The van der Waals surface area contributed by atoms with E-state index in [-0.39, 0.29) is 6.61 Å². The molecule has 4 nitrogen and oxygen atoms in total. The van der Waals surface area contributed by atoms with Crippen molar-refractivity contribution in [3.05, 3.63) is 33.0 Å². The predicted molar refractivity (Wildman–Crippen MR) is 61.4 cm³/mol. The number of aliphatic hydroxyl groups excluding tert-OH is 1. The van der Waals surface area contributed by atoms with E-state index in [0.29, 0.717) is 10.6 Å². The Morgan fingerprint density at radius 2 is 2.47 bits per heavy atom. The number of aromatic nitrogens is 3. The molecule has 2 aromatic rings. The highest BCUT2D eigenvalue weighted by molar-refractivity contribution is 7.71. The van der Waals surface area contributed by atoms with E-state index in [1.165, 1.54) is 4.88 Å². The maximum atomic E-state index is 9.04. The molecule has 0 aliphatic carbocycles. The minimum Gasteiger partial charge on any atom is -0.388 e. The normalized spacial score (nSPS) is 10.7. The SMILES string of the molecule is OCc1n[nH]c(=S)n1CCc1cccs1. The first-order chi connectivity index (χ1) is 7.31. The van der Waals surface area contributed by atoms with Gasteiger partial charge in [0.05, 0.1) is 0 Å². The van der Waals surface area contributed by atoms with E-state index in [0.717, 1.165) is 13.0 Å². The van der Waals surface area contributed by atoms with Crippen LogP contribution >= 0.6 is 23.6 Å². The Morgan fingerprint density at radius 3 is 3.13 bits per heavy atom. The Labute approximate surface area is 96.2 Å². The number of rotatable bonds is 4. The fourth-order valence-corrected chi connectivity index (χ4v) is 2.32. The van der Waals surface area contributed by atoms with E-state index >= 15 is 0 Å². The Balaban J connectivity index is 2.10. The molecule has 0 aliphatic rings. The van der Waals surface area contributed by atoms with Crippen molar-refractivity contribution >= 4 is 23.6 Å². The quantitative estimate of drug-likeness (QED) is 0.802. The highest BCUT2D eigenvalue weighted by Crippen LogP contribution is 2.10. The van der Waals surface area contributed by atoms with Gasteiger partial charge in [0.2, 0.25) is 0 Å². The maximum absolute atomic E-state index is 9.04. The monoisotopic (exact) mass is 241 g/mol. The van der Waals surface area contributed by atoms with Crippen LogP contribution < -0.4 is 0 Å². The zero-order valence-electron chi connectivity index (χ0n) is 8.01. The standard InChI is InChI=1S/C9H11N3OS2/c13-6-8-10-11-9(14)12(8)4-3-7-2-1-5-15-7/h1-2,5,13H,3-4,6H2,(H,11,14). The zero-order chi connectivity index (χ0) is 10.7. The largest absolute Gasteiger partial charge is 0.388 e. The van der Waals surface area contributed by atoms with E-state index < -0.39 is 0 Å². The minimum absolute atomic E-state index is 0.0857. The van der Waals surface area contributed by atoms with E-state index in [4.69, 9.17) is 17.3 Å². The number of thiophene rings is 1. The van der Waals surface area contributed by atoms with Gasteiger partial charge in [0.1, 0.15) is 6.61 Å². The number of H-pyrrole nitrogens is 1. The molecule has 2 rings (SSSR count). The van der Waals surface area contributed by atoms with Crippen LogP contribution in [0.25, 0.3) is 0 Å². The van der Waals surface area contributed by atoms with E-state index in [9.17, 15) is 0 Å². The van der Waals surface area contributed by atoms with Crippen LogP contribution in [0.2, 0.25) is 0 Å². The lowest BCUT2D eigenvalue weighted by Gasteiger charge is -2.03. The van der Waals surface area contributed by atoms with Crippen LogP contribution in [0.5, 0.6) is 0 Å². The second kappa shape index (κ2) is 4.69. The molecule has 2 aromatic heterocycles. The predicted octanol–water partition coefficient (Wildman–Crippen LogP) is 1.74. The summed E-state index contributed by atoms with van der Waals surface area (Å²) in [6, 6.07) is 4.12. The van der Waals surface area contributed by atoms with Crippen LogP contribution in [0, 0.1) is 4.77 Å². The molecular formula is C9H11N3OS2. The van der Waals surface area contributed by atoms with Gasteiger partial charge in [0.25, 0.3) is 0 Å². The molecule has 2 N–H and O–H groups in total. The highest BCUT2D eigenvalue weighted by atomic mass is 32.1. The smallest absolute Gasteiger partial charge is 0.195 e. The number of aryl methyl sites for hydroxylation is 1. The van der Waals surface area contributed by atoms with Crippen molar-refractivity contribution in [3.63, 3.8) is 0 Å². The summed E-state index contributed by atoms with van der Waals surface area (Å²) in [5.41, 5.74) is 0. The molecule has 2 heterocycles. The van der Waals surface area contributed by atoms with Gasteiger partial charge < -0.3 is 9.67 Å². The molecule has 15 heavy (non-hydrogen) atoms. The molecular weight excluding hydrogens is 230 g/mol. The van der Waals surface area contributed by atoms with Gasteiger partial charge in [-0.2, -0.15) is 5.10 Å². The fourth-order valence-electron chi connectivity index (χ4n) is 1.38. The molecule has 80 valence electrons. The molecule has 6 heteroatoms. The number of aromatic amines is 1. The van der Waals surface area contributed by atoms with Crippen LogP contribution in [-0.4, -0.2) is 19.9 Å². The van der Waals surface area contributed by atoms with Crippen LogP contribution in [0.15, 0.2) is 17.5 Å². The Morgan fingerprint density at radius 1 is 1.60 bits per heavy atom. The van der Waals surface area contributed by atoms with E-state index in [1.807, 2.05) is 10.6 Å². The zero-order valence-corrected chi connectivity index (χ0v) is 9.64. The van der Waals surface area contributed by atoms with E-state index in [2.05, 4.69) is 21.6 Å². The molecule has 0 unspecified atom stereocenters. The second-order valence-corrected chi connectivity index (χ2v) is 4.50. The third kappa shape index (κ3) is 2.34. The molecule has 0 aliphatic heterocycles. The van der Waals surface area contributed by atoms with Crippen LogP contribution in [0.3, 0.4) is 0 Å². The van der Waals surface area contributed by atoms with Gasteiger partial charge in [-0.25, -0.2) is 0 Å². The summed E-state index contributed by atoms with van der Waals surface area (Å²) in [5, 5.41) is 17.7. The third-order valence-electron chi connectivity index (χ3n) is 2.14. The van der Waals surface area contributed by atoms with Gasteiger partial charge >= 0.3 is 0 Å².